The lowest BCUT2D eigenvalue weighted by Gasteiger charge is -2.64. The topological polar surface area (TPSA) is 37.3 Å². The summed E-state index contributed by atoms with van der Waals surface area (Å²) < 4.78 is 0. The van der Waals surface area contributed by atoms with Gasteiger partial charge in [0, 0.05) is 0 Å². The average Bonchev–Trinajstić information content (AvgIpc) is 2.41. The quantitative estimate of drug-likeness (QED) is 0.676. The van der Waals surface area contributed by atoms with Crippen molar-refractivity contribution < 1.29 is 9.90 Å². The first kappa shape index (κ1) is 9.04. The molecule has 3 atom stereocenters. The Morgan fingerprint density at radius 1 is 1.31 bits per heavy atom. The molecule has 0 aromatic carbocycles. The third-order valence-electron chi connectivity index (χ3n) is 5.51. The molecule has 0 saturated heterocycles. The van der Waals surface area contributed by atoms with Crippen LogP contribution in [0.25, 0.3) is 0 Å². The van der Waals surface area contributed by atoms with Crippen LogP contribution < -0.4 is 0 Å². The van der Waals surface area contributed by atoms with Gasteiger partial charge in [0.2, 0.25) is 0 Å². The smallest absolute Gasteiger partial charge is 0.310 e. The first-order chi connectivity index (χ1) is 5.78. The van der Waals surface area contributed by atoms with Crippen molar-refractivity contribution in [1.82, 2.24) is 0 Å². The molecule has 0 heterocycles. The largest absolute Gasteiger partial charge is 0.481 e. The molecular weight excluding hydrogens is 164 g/mol. The minimum atomic E-state index is -0.600. The number of carboxylic acid groups (broad SMARTS) is 1. The normalized spacial score (nSPS) is 51.5. The zero-order chi connectivity index (χ0) is 10.1. The first-order valence-corrected chi connectivity index (χ1v) is 5.02. The monoisotopic (exact) mass is 182 g/mol. The Bertz CT molecular complexity index is 282. The second-order valence-electron chi connectivity index (χ2n) is 5.65. The molecule has 0 aromatic heterocycles. The lowest BCUT2D eigenvalue weighted by molar-refractivity contribution is -0.215. The van der Waals surface area contributed by atoms with E-state index in [0.717, 1.165) is 12.8 Å². The van der Waals surface area contributed by atoms with Gasteiger partial charge in [-0.25, -0.2) is 0 Å². The third kappa shape index (κ3) is 0.598. The van der Waals surface area contributed by atoms with Crippen molar-refractivity contribution in [1.29, 1.82) is 0 Å². The van der Waals surface area contributed by atoms with Crippen LogP contribution in [0.4, 0.5) is 0 Å². The molecule has 0 aromatic rings. The van der Waals surface area contributed by atoms with E-state index in [9.17, 15) is 9.90 Å². The predicted octanol–water partition coefficient (Wildman–Crippen LogP) is 2.53. The van der Waals surface area contributed by atoms with Crippen molar-refractivity contribution in [3.63, 3.8) is 0 Å². The summed E-state index contributed by atoms with van der Waals surface area (Å²) in [4.78, 5) is 11.3. The van der Waals surface area contributed by atoms with Crippen molar-refractivity contribution >= 4 is 5.97 Å². The Morgan fingerprint density at radius 3 is 2.00 bits per heavy atom. The molecular formula is C11H18O2. The molecule has 0 amide bonds. The Morgan fingerprint density at radius 2 is 1.85 bits per heavy atom. The van der Waals surface area contributed by atoms with Crippen molar-refractivity contribution in [2.24, 2.45) is 22.2 Å². The van der Waals surface area contributed by atoms with E-state index in [2.05, 4.69) is 20.8 Å². The number of aliphatic carboxylic acids is 1. The molecule has 2 bridgehead atoms. The average molecular weight is 182 g/mol. The molecule has 0 aliphatic heterocycles. The van der Waals surface area contributed by atoms with Crippen molar-refractivity contribution in [3.05, 3.63) is 0 Å². The Kier molecular flexibility index (Phi) is 1.35. The number of rotatable bonds is 1. The fraction of sp³-hybridized carbons (Fsp3) is 0.909. The molecule has 0 radical (unpaired) electrons. The van der Waals surface area contributed by atoms with Gasteiger partial charge in [-0.1, -0.05) is 20.8 Å². The summed E-state index contributed by atoms with van der Waals surface area (Å²) in [5.74, 6) is -0.223. The van der Waals surface area contributed by atoms with Crippen molar-refractivity contribution in [2.75, 3.05) is 0 Å². The van der Waals surface area contributed by atoms with Crippen LogP contribution in [0.1, 0.15) is 40.5 Å². The molecule has 3 unspecified atom stereocenters. The minimum absolute atomic E-state index is 0.0104. The second kappa shape index (κ2) is 1.94. The number of carboxylic acids is 1. The van der Waals surface area contributed by atoms with Crippen LogP contribution in [0.5, 0.6) is 0 Å². The number of fused-ring (bicyclic) bond motifs is 1. The fourth-order valence-electron chi connectivity index (χ4n) is 4.13. The van der Waals surface area contributed by atoms with Gasteiger partial charge in [-0.05, 0) is 36.5 Å². The zero-order valence-electron chi connectivity index (χ0n) is 8.85. The first-order valence-electron chi connectivity index (χ1n) is 5.02. The second-order valence-corrected chi connectivity index (χ2v) is 5.65. The fourth-order valence-corrected chi connectivity index (χ4v) is 4.13. The van der Waals surface area contributed by atoms with E-state index in [0.29, 0.717) is 5.92 Å². The molecule has 1 N–H and O–H groups in total. The van der Waals surface area contributed by atoms with Gasteiger partial charge in [-0.3, -0.25) is 4.79 Å². The van der Waals surface area contributed by atoms with Crippen LogP contribution >= 0.6 is 0 Å². The highest BCUT2D eigenvalue weighted by molar-refractivity contribution is 5.79. The molecule has 3 fully saturated rings. The van der Waals surface area contributed by atoms with Gasteiger partial charge in [-0.15, -0.1) is 0 Å². The molecule has 13 heavy (non-hydrogen) atoms. The molecule has 0 spiro atoms. The molecule has 3 saturated carbocycles. The molecule has 2 nitrogen and oxygen atoms in total. The van der Waals surface area contributed by atoms with Gasteiger partial charge in [0.25, 0.3) is 0 Å². The summed E-state index contributed by atoms with van der Waals surface area (Å²) in [6, 6.07) is 0. The van der Waals surface area contributed by atoms with Gasteiger partial charge in [-0.2, -0.15) is 0 Å². The van der Waals surface area contributed by atoms with Gasteiger partial charge >= 0.3 is 5.97 Å². The van der Waals surface area contributed by atoms with Crippen LogP contribution in [0.3, 0.4) is 0 Å². The maximum absolute atomic E-state index is 11.3. The van der Waals surface area contributed by atoms with Crippen LogP contribution in [-0.4, -0.2) is 11.1 Å². The van der Waals surface area contributed by atoms with Crippen molar-refractivity contribution in [3.8, 4) is 0 Å². The standard InChI is InChI=1S/C11H18O2/c1-9(2)7-5-6-10(9,3)11(7,4)8(12)13/h7H,5-6H2,1-4H3,(H,12,13). The number of carbonyl (C=O) groups is 1. The summed E-state index contributed by atoms with van der Waals surface area (Å²) >= 11 is 0. The van der Waals surface area contributed by atoms with E-state index in [1.54, 1.807) is 0 Å². The van der Waals surface area contributed by atoms with Gasteiger partial charge < -0.3 is 5.11 Å². The lowest BCUT2D eigenvalue weighted by atomic mass is 9.38. The van der Waals surface area contributed by atoms with E-state index in [1.165, 1.54) is 0 Å². The van der Waals surface area contributed by atoms with Crippen LogP contribution in [0, 0.1) is 22.2 Å². The van der Waals surface area contributed by atoms with Crippen molar-refractivity contribution in [2.45, 2.75) is 40.5 Å². The SMILES string of the molecule is CC1(C)C2CCC1(C)C2(C)C(=O)O. The maximum Gasteiger partial charge on any atom is 0.310 e. The van der Waals surface area contributed by atoms with Crippen LogP contribution in [0.2, 0.25) is 0 Å². The summed E-state index contributed by atoms with van der Waals surface area (Å²) in [6.07, 6.45) is 2.17. The van der Waals surface area contributed by atoms with Gasteiger partial charge in [0.15, 0.2) is 0 Å². The molecule has 3 aliphatic rings. The Hall–Kier alpha value is -0.530. The van der Waals surface area contributed by atoms with E-state index in [1.807, 2.05) is 6.92 Å². The highest BCUT2D eigenvalue weighted by Gasteiger charge is 2.78. The highest BCUT2D eigenvalue weighted by Crippen LogP contribution is 2.79. The van der Waals surface area contributed by atoms with E-state index in [-0.39, 0.29) is 10.8 Å². The third-order valence-corrected chi connectivity index (χ3v) is 5.51. The molecule has 74 valence electrons. The maximum atomic E-state index is 11.3. The summed E-state index contributed by atoms with van der Waals surface area (Å²) in [5.41, 5.74) is -0.229. The zero-order valence-corrected chi connectivity index (χ0v) is 8.85. The summed E-state index contributed by atoms with van der Waals surface area (Å²) in [6.45, 7) is 8.51. The van der Waals surface area contributed by atoms with E-state index < -0.39 is 11.4 Å². The molecule has 2 heteroatoms. The number of hydrogen-bond acceptors (Lipinski definition) is 1. The van der Waals surface area contributed by atoms with E-state index >= 15 is 0 Å². The minimum Gasteiger partial charge on any atom is -0.481 e. The highest BCUT2D eigenvalue weighted by atomic mass is 16.4. The van der Waals surface area contributed by atoms with E-state index in [4.69, 9.17) is 0 Å². The molecule has 3 rings (SSSR count). The predicted molar refractivity (Wildman–Crippen MR) is 50.4 cm³/mol. The molecule has 3 aliphatic carbocycles. The van der Waals surface area contributed by atoms with Gasteiger partial charge in [0.05, 0.1) is 5.41 Å². The number of hydrogen-bond donors (Lipinski definition) is 1. The van der Waals surface area contributed by atoms with Crippen LogP contribution in [-0.2, 0) is 4.79 Å². The Balaban J connectivity index is 2.47. The summed E-state index contributed by atoms with van der Waals surface area (Å²) in [5, 5.41) is 9.27. The Labute approximate surface area is 79.3 Å². The van der Waals surface area contributed by atoms with Crippen LogP contribution in [0.15, 0.2) is 0 Å². The van der Waals surface area contributed by atoms with Gasteiger partial charge in [0.1, 0.15) is 0 Å². The lowest BCUT2D eigenvalue weighted by Crippen LogP contribution is -2.65. The summed E-state index contributed by atoms with van der Waals surface area (Å²) in [7, 11) is 0.